The van der Waals surface area contributed by atoms with E-state index in [0.717, 1.165) is 6.42 Å². The third-order valence-electron chi connectivity index (χ3n) is 4.88. The molecule has 2 rings (SSSR count). The molecule has 0 saturated heterocycles. The number of fused-ring (bicyclic) bond motifs is 2. The van der Waals surface area contributed by atoms with Crippen LogP contribution in [0.15, 0.2) is 11.8 Å². The van der Waals surface area contributed by atoms with Crippen LogP contribution in [-0.2, 0) is 9.53 Å². The van der Waals surface area contributed by atoms with E-state index in [9.17, 15) is 9.90 Å². The molecule has 0 amide bonds. The van der Waals surface area contributed by atoms with Gasteiger partial charge >= 0.3 is 5.97 Å². The van der Waals surface area contributed by atoms with Crippen molar-refractivity contribution in [2.75, 3.05) is 14.2 Å². The zero-order valence-corrected chi connectivity index (χ0v) is 10.3. The highest BCUT2D eigenvalue weighted by molar-refractivity contribution is 5.84. The normalized spacial score (nSPS) is 39.6. The first-order valence-electron chi connectivity index (χ1n) is 5.57. The molecule has 2 aliphatic rings. The lowest BCUT2D eigenvalue weighted by Crippen LogP contribution is -2.52. The van der Waals surface area contributed by atoms with Crippen LogP contribution in [0.1, 0.15) is 26.7 Å². The summed E-state index contributed by atoms with van der Waals surface area (Å²) < 4.78 is 4.88. The number of hydrogen-bond donors (Lipinski definition) is 2. The van der Waals surface area contributed by atoms with Crippen LogP contribution in [0.5, 0.6) is 0 Å². The fraction of sp³-hybridized carbons (Fsp3) is 0.750. The molecular weight excluding hydrogens is 206 g/mol. The second-order valence-corrected chi connectivity index (χ2v) is 5.27. The monoisotopic (exact) mass is 225 g/mol. The van der Waals surface area contributed by atoms with E-state index < -0.39 is 5.41 Å². The summed E-state index contributed by atoms with van der Waals surface area (Å²) >= 11 is 0. The van der Waals surface area contributed by atoms with E-state index in [0.29, 0.717) is 6.42 Å². The quantitative estimate of drug-likeness (QED) is 0.697. The molecule has 4 nitrogen and oxygen atoms in total. The summed E-state index contributed by atoms with van der Waals surface area (Å²) in [5.41, 5.74) is -1.54. The van der Waals surface area contributed by atoms with Crippen molar-refractivity contribution in [3.8, 4) is 0 Å². The Morgan fingerprint density at radius 2 is 2.12 bits per heavy atom. The van der Waals surface area contributed by atoms with Crippen LogP contribution < -0.4 is 5.32 Å². The van der Waals surface area contributed by atoms with E-state index in [4.69, 9.17) is 4.74 Å². The molecule has 0 aliphatic heterocycles. The Bertz CT molecular complexity index is 374. The maximum atomic E-state index is 12.0. The molecule has 1 saturated carbocycles. The van der Waals surface area contributed by atoms with Crippen molar-refractivity contribution in [1.29, 1.82) is 0 Å². The molecular formula is C12H19NO3. The highest BCUT2D eigenvalue weighted by Gasteiger charge is 2.72. The van der Waals surface area contributed by atoms with Crippen LogP contribution in [0.25, 0.3) is 0 Å². The molecule has 2 N–H and O–H groups in total. The summed E-state index contributed by atoms with van der Waals surface area (Å²) in [7, 11) is 3.24. The molecule has 2 aliphatic carbocycles. The van der Waals surface area contributed by atoms with Crippen LogP contribution in [0.2, 0.25) is 0 Å². The van der Waals surface area contributed by atoms with E-state index in [2.05, 4.69) is 5.32 Å². The minimum Gasteiger partial charge on any atom is -0.511 e. The number of aliphatic hydroxyl groups excluding tert-OH is 1. The van der Waals surface area contributed by atoms with Crippen molar-refractivity contribution in [1.82, 2.24) is 5.32 Å². The molecule has 0 spiro atoms. The molecule has 4 heteroatoms. The van der Waals surface area contributed by atoms with Gasteiger partial charge in [-0.15, -0.1) is 0 Å². The van der Waals surface area contributed by atoms with Crippen molar-refractivity contribution in [2.24, 2.45) is 10.8 Å². The van der Waals surface area contributed by atoms with Gasteiger partial charge in [-0.3, -0.25) is 4.79 Å². The lowest BCUT2D eigenvalue weighted by atomic mass is 9.66. The number of aliphatic hydroxyl groups is 1. The van der Waals surface area contributed by atoms with Gasteiger partial charge < -0.3 is 15.2 Å². The second kappa shape index (κ2) is 3.00. The molecule has 1 fully saturated rings. The molecule has 90 valence electrons. The van der Waals surface area contributed by atoms with Gasteiger partial charge in [0.15, 0.2) is 0 Å². The lowest BCUT2D eigenvalue weighted by molar-refractivity contribution is -0.157. The molecule has 0 heterocycles. The smallest absolute Gasteiger partial charge is 0.320 e. The highest BCUT2D eigenvalue weighted by Crippen LogP contribution is 2.66. The zero-order chi connectivity index (χ0) is 12.2. The van der Waals surface area contributed by atoms with E-state index in [1.165, 1.54) is 7.11 Å². The Balaban J connectivity index is 2.58. The van der Waals surface area contributed by atoms with Crippen LogP contribution in [-0.4, -0.2) is 30.8 Å². The molecule has 0 aromatic rings. The molecule has 2 bridgehead atoms. The number of carbonyl (C=O) groups is 1. The van der Waals surface area contributed by atoms with Gasteiger partial charge in [0.2, 0.25) is 0 Å². The number of rotatable bonds is 2. The van der Waals surface area contributed by atoms with E-state index >= 15 is 0 Å². The second-order valence-electron chi connectivity index (χ2n) is 5.27. The van der Waals surface area contributed by atoms with Crippen molar-refractivity contribution in [3.05, 3.63) is 11.8 Å². The van der Waals surface area contributed by atoms with Crippen LogP contribution >= 0.6 is 0 Å². The molecule has 0 aromatic carbocycles. The third kappa shape index (κ3) is 0.879. The molecule has 0 unspecified atom stereocenters. The summed E-state index contributed by atoms with van der Waals surface area (Å²) in [6.45, 7) is 4.01. The van der Waals surface area contributed by atoms with Gasteiger partial charge in [-0.1, -0.05) is 13.8 Å². The standard InChI is InChI=1S/C12H19NO3/c1-10(2)11(13-3)5-6-12(10,8(14)7-11)9(15)16-4/h7,13-14H,5-6H2,1-4H3/t11-,12-/m0/s1. The molecule has 2 atom stereocenters. The Kier molecular flexibility index (Phi) is 2.15. The van der Waals surface area contributed by atoms with Crippen molar-refractivity contribution in [2.45, 2.75) is 32.2 Å². The van der Waals surface area contributed by atoms with Gasteiger partial charge in [0.05, 0.1) is 7.11 Å². The van der Waals surface area contributed by atoms with E-state index in [1.54, 1.807) is 6.08 Å². The van der Waals surface area contributed by atoms with Crippen LogP contribution in [0, 0.1) is 10.8 Å². The first-order chi connectivity index (χ1) is 7.38. The van der Waals surface area contributed by atoms with E-state index in [-0.39, 0.29) is 22.7 Å². The minimum absolute atomic E-state index is 0.157. The Morgan fingerprint density at radius 1 is 1.50 bits per heavy atom. The van der Waals surface area contributed by atoms with Crippen LogP contribution in [0.3, 0.4) is 0 Å². The Labute approximate surface area is 95.7 Å². The predicted octanol–water partition coefficient (Wildman–Crippen LogP) is 1.38. The Morgan fingerprint density at radius 3 is 2.50 bits per heavy atom. The van der Waals surface area contributed by atoms with Gasteiger partial charge in [-0.05, 0) is 26.0 Å². The van der Waals surface area contributed by atoms with Crippen LogP contribution in [0.4, 0.5) is 0 Å². The van der Waals surface area contributed by atoms with Gasteiger partial charge in [0.1, 0.15) is 11.2 Å². The fourth-order valence-corrected chi connectivity index (χ4v) is 3.59. The number of carbonyl (C=O) groups excluding carboxylic acids is 1. The fourth-order valence-electron chi connectivity index (χ4n) is 3.59. The largest absolute Gasteiger partial charge is 0.511 e. The maximum absolute atomic E-state index is 12.0. The van der Waals surface area contributed by atoms with Gasteiger partial charge in [0.25, 0.3) is 0 Å². The summed E-state index contributed by atoms with van der Waals surface area (Å²) in [5, 5.41) is 13.4. The Hall–Kier alpha value is -1.03. The summed E-state index contributed by atoms with van der Waals surface area (Å²) in [4.78, 5) is 12.0. The highest BCUT2D eigenvalue weighted by atomic mass is 16.5. The average Bonchev–Trinajstić information content (AvgIpc) is 2.58. The SMILES string of the molecule is CN[C@]12C=C(O)[C@](C(=O)OC)(CC1)C2(C)C. The predicted molar refractivity (Wildman–Crippen MR) is 60.0 cm³/mol. The first-order valence-corrected chi connectivity index (χ1v) is 5.57. The third-order valence-corrected chi connectivity index (χ3v) is 4.88. The van der Waals surface area contributed by atoms with Crippen molar-refractivity contribution < 1.29 is 14.6 Å². The lowest BCUT2D eigenvalue weighted by Gasteiger charge is -2.40. The number of nitrogens with one attached hydrogen (secondary N) is 1. The van der Waals surface area contributed by atoms with Gasteiger partial charge in [-0.2, -0.15) is 0 Å². The first kappa shape index (κ1) is 11.5. The van der Waals surface area contributed by atoms with Crippen molar-refractivity contribution >= 4 is 5.97 Å². The summed E-state index contributed by atoms with van der Waals surface area (Å²) in [6, 6.07) is 0. The number of esters is 1. The number of ether oxygens (including phenoxy) is 1. The molecule has 0 radical (unpaired) electrons. The molecule has 16 heavy (non-hydrogen) atoms. The zero-order valence-electron chi connectivity index (χ0n) is 10.3. The minimum atomic E-state index is -0.870. The number of methoxy groups -OCH3 is 1. The number of likely N-dealkylation sites (N-methyl/N-ethyl adjacent to an activating group) is 1. The summed E-state index contributed by atoms with van der Waals surface area (Å²) in [6.07, 6.45) is 3.26. The van der Waals surface area contributed by atoms with Gasteiger partial charge in [-0.25, -0.2) is 0 Å². The maximum Gasteiger partial charge on any atom is 0.320 e. The molecule has 0 aromatic heterocycles. The number of hydrogen-bond acceptors (Lipinski definition) is 4. The summed E-state index contributed by atoms with van der Waals surface area (Å²) in [5.74, 6) is -0.175. The van der Waals surface area contributed by atoms with E-state index in [1.807, 2.05) is 20.9 Å². The van der Waals surface area contributed by atoms with Gasteiger partial charge in [0, 0.05) is 11.0 Å². The topological polar surface area (TPSA) is 58.6 Å². The average molecular weight is 225 g/mol. The van der Waals surface area contributed by atoms with Crippen molar-refractivity contribution in [3.63, 3.8) is 0 Å².